The lowest BCUT2D eigenvalue weighted by molar-refractivity contribution is 0.523. The van der Waals surface area contributed by atoms with E-state index in [1.807, 2.05) is 18.4 Å². The van der Waals surface area contributed by atoms with E-state index >= 15 is 0 Å². The molecule has 2 nitrogen and oxygen atoms in total. The number of nitrogens with one attached hydrogen (secondary N) is 1. The Morgan fingerprint density at radius 1 is 1.44 bits per heavy atom. The van der Waals surface area contributed by atoms with Gasteiger partial charge in [-0.3, -0.25) is 0 Å². The quantitative estimate of drug-likeness (QED) is 0.923. The van der Waals surface area contributed by atoms with Crippen molar-refractivity contribution >= 4 is 22.7 Å². The van der Waals surface area contributed by atoms with Crippen LogP contribution in [0.1, 0.15) is 34.9 Å². The number of likely N-dealkylation sites (N-methyl/N-ethyl adjacent to an activating group) is 1. The monoisotopic (exact) mass is 278 g/mol. The third kappa shape index (κ3) is 2.13. The van der Waals surface area contributed by atoms with E-state index in [0.717, 1.165) is 6.54 Å². The first-order valence-electron chi connectivity index (χ1n) is 6.47. The minimum Gasteiger partial charge on any atom is -0.319 e. The number of thiophene rings is 1. The number of aryl methyl sites for hydroxylation is 2. The van der Waals surface area contributed by atoms with Crippen LogP contribution in [0.5, 0.6) is 0 Å². The number of nitrogens with zero attached hydrogens (tertiary/aromatic N) is 1. The summed E-state index contributed by atoms with van der Waals surface area (Å²) in [6, 6.07) is 0. The highest BCUT2D eigenvalue weighted by Crippen LogP contribution is 2.39. The topological polar surface area (TPSA) is 24.9 Å². The van der Waals surface area contributed by atoms with Gasteiger partial charge >= 0.3 is 0 Å². The standard InChI is InChI=1S/C14H18N2S2/c1-9-7-17-8-11(9)14-16-13-10(6-15-2)4-3-5-12(13)18-14/h7-8,10,15H,3-6H2,1-2H3. The van der Waals surface area contributed by atoms with Gasteiger partial charge in [-0.15, -0.1) is 11.3 Å². The van der Waals surface area contributed by atoms with E-state index in [2.05, 4.69) is 23.0 Å². The first-order valence-corrected chi connectivity index (χ1v) is 8.23. The normalized spacial score (nSPS) is 18.9. The van der Waals surface area contributed by atoms with Gasteiger partial charge in [-0.2, -0.15) is 11.3 Å². The Kier molecular flexibility index (Phi) is 3.50. The fraction of sp³-hybridized carbons (Fsp3) is 0.500. The molecule has 2 heterocycles. The van der Waals surface area contributed by atoms with E-state index in [1.54, 1.807) is 11.3 Å². The van der Waals surface area contributed by atoms with Crippen molar-refractivity contribution in [3.63, 3.8) is 0 Å². The van der Waals surface area contributed by atoms with Gasteiger partial charge in [0.15, 0.2) is 0 Å². The molecule has 0 radical (unpaired) electrons. The molecule has 2 aromatic heterocycles. The van der Waals surface area contributed by atoms with Gasteiger partial charge in [-0.1, -0.05) is 0 Å². The number of rotatable bonds is 3. The lowest BCUT2D eigenvalue weighted by atomic mass is 9.91. The molecule has 0 bridgehead atoms. The largest absolute Gasteiger partial charge is 0.319 e. The molecule has 0 spiro atoms. The molecule has 0 fully saturated rings. The Morgan fingerprint density at radius 3 is 3.06 bits per heavy atom. The molecular weight excluding hydrogens is 260 g/mol. The minimum atomic E-state index is 0.614. The van der Waals surface area contributed by atoms with Crippen LogP contribution in [0, 0.1) is 6.92 Å². The van der Waals surface area contributed by atoms with Crippen molar-refractivity contribution in [2.24, 2.45) is 0 Å². The van der Waals surface area contributed by atoms with Gasteiger partial charge in [0.2, 0.25) is 0 Å². The van der Waals surface area contributed by atoms with Gasteiger partial charge in [0.25, 0.3) is 0 Å². The van der Waals surface area contributed by atoms with Gasteiger partial charge in [0.05, 0.1) is 5.69 Å². The highest BCUT2D eigenvalue weighted by Gasteiger charge is 2.24. The lowest BCUT2D eigenvalue weighted by Gasteiger charge is -2.20. The van der Waals surface area contributed by atoms with Crippen LogP contribution in [0.3, 0.4) is 0 Å². The van der Waals surface area contributed by atoms with Crippen LogP contribution in [0.4, 0.5) is 0 Å². The summed E-state index contributed by atoms with van der Waals surface area (Å²) < 4.78 is 0. The van der Waals surface area contributed by atoms with Crippen molar-refractivity contribution in [1.82, 2.24) is 10.3 Å². The average Bonchev–Trinajstić information content (AvgIpc) is 2.95. The minimum absolute atomic E-state index is 0.614. The fourth-order valence-electron chi connectivity index (χ4n) is 2.65. The van der Waals surface area contributed by atoms with Crippen molar-refractivity contribution in [2.75, 3.05) is 13.6 Å². The molecule has 2 aromatic rings. The van der Waals surface area contributed by atoms with Gasteiger partial charge in [-0.05, 0) is 44.2 Å². The Hall–Kier alpha value is -0.710. The summed E-state index contributed by atoms with van der Waals surface area (Å²) in [4.78, 5) is 6.46. The second-order valence-corrected chi connectivity index (χ2v) is 6.77. The molecule has 1 atom stereocenters. The molecule has 0 saturated carbocycles. The summed E-state index contributed by atoms with van der Waals surface area (Å²) in [6.07, 6.45) is 3.81. The molecule has 0 aromatic carbocycles. The van der Waals surface area contributed by atoms with Gasteiger partial charge in [0.1, 0.15) is 5.01 Å². The third-order valence-electron chi connectivity index (χ3n) is 3.61. The van der Waals surface area contributed by atoms with E-state index in [-0.39, 0.29) is 0 Å². The number of hydrogen-bond donors (Lipinski definition) is 1. The number of thiazole rings is 1. The number of aromatic nitrogens is 1. The maximum Gasteiger partial charge on any atom is 0.124 e. The summed E-state index contributed by atoms with van der Waals surface area (Å²) in [5, 5.41) is 8.96. The first kappa shape index (κ1) is 12.3. The predicted octanol–water partition coefficient (Wildman–Crippen LogP) is 3.82. The van der Waals surface area contributed by atoms with Crippen molar-refractivity contribution in [3.05, 3.63) is 26.9 Å². The molecule has 1 N–H and O–H groups in total. The summed E-state index contributed by atoms with van der Waals surface area (Å²) in [5.74, 6) is 0.614. The smallest absolute Gasteiger partial charge is 0.124 e. The summed E-state index contributed by atoms with van der Waals surface area (Å²) in [6.45, 7) is 3.23. The van der Waals surface area contributed by atoms with Crippen LogP contribution in [-0.4, -0.2) is 18.6 Å². The van der Waals surface area contributed by atoms with Crippen LogP contribution in [0.2, 0.25) is 0 Å². The summed E-state index contributed by atoms with van der Waals surface area (Å²) >= 11 is 3.68. The fourth-order valence-corrected chi connectivity index (χ4v) is 4.83. The van der Waals surface area contributed by atoms with Crippen LogP contribution in [-0.2, 0) is 6.42 Å². The zero-order valence-electron chi connectivity index (χ0n) is 10.8. The van der Waals surface area contributed by atoms with Crippen LogP contribution in [0.15, 0.2) is 10.8 Å². The van der Waals surface area contributed by atoms with E-state index in [4.69, 9.17) is 4.98 Å². The molecule has 0 amide bonds. The summed E-state index contributed by atoms with van der Waals surface area (Å²) in [7, 11) is 2.03. The van der Waals surface area contributed by atoms with Crippen molar-refractivity contribution in [2.45, 2.75) is 32.1 Å². The maximum atomic E-state index is 4.94. The Balaban J connectivity index is 1.98. The van der Waals surface area contributed by atoms with Crippen molar-refractivity contribution in [1.29, 1.82) is 0 Å². The molecule has 3 rings (SSSR count). The van der Waals surface area contributed by atoms with E-state index < -0.39 is 0 Å². The molecule has 18 heavy (non-hydrogen) atoms. The molecule has 96 valence electrons. The van der Waals surface area contributed by atoms with Crippen molar-refractivity contribution in [3.8, 4) is 10.6 Å². The Morgan fingerprint density at radius 2 is 2.33 bits per heavy atom. The number of fused-ring (bicyclic) bond motifs is 1. The van der Waals surface area contributed by atoms with Gasteiger partial charge in [0, 0.05) is 28.3 Å². The van der Waals surface area contributed by atoms with Crippen LogP contribution < -0.4 is 5.32 Å². The van der Waals surface area contributed by atoms with E-state index in [1.165, 1.54) is 46.0 Å². The highest BCUT2D eigenvalue weighted by molar-refractivity contribution is 7.15. The average molecular weight is 278 g/mol. The van der Waals surface area contributed by atoms with Crippen LogP contribution >= 0.6 is 22.7 Å². The summed E-state index contributed by atoms with van der Waals surface area (Å²) in [5.41, 5.74) is 4.06. The highest BCUT2D eigenvalue weighted by atomic mass is 32.1. The van der Waals surface area contributed by atoms with E-state index in [9.17, 15) is 0 Å². The molecular formula is C14H18N2S2. The Labute approximate surface area is 116 Å². The second-order valence-electron chi connectivity index (χ2n) is 4.94. The van der Waals surface area contributed by atoms with E-state index in [0.29, 0.717) is 5.92 Å². The Bertz CT molecular complexity index is 542. The molecule has 0 saturated heterocycles. The van der Waals surface area contributed by atoms with Crippen LogP contribution in [0.25, 0.3) is 10.6 Å². The molecule has 1 aliphatic rings. The molecule has 4 heteroatoms. The van der Waals surface area contributed by atoms with Gasteiger partial charge in [-0.25, -0.2) is 4.98 Å². The molecule has 1 unspecified atom stereocenters. The van der Waals surface area contributed by atoms with Gasteiger partial charge < -0.3 is 5.32 Å². The predicted molar refractivity (Wildman–Crippen MR) is 79.8 cm³/mol. The van der Waals surface area contributed by atoms with Crippen molar-refractivity contribution < 1.29 is 0 Å². The maximum absolute atomic E-state index is 4.94. The molecule has 1 aliphatic carbocycles. The molecule has 0 aliphatic heterocycles. The second kappa shape index (κ2) is 5.11. The lowest BCUT2D eigenvalue weighted by Crippen LogP contribution is -2.20. The number of hydrogen-bond acceptors (Lipinski definition) is 4. The third-order valence-corrected chi connectivity index (χ3v) is 5.63. The zero-order chi connectivity index (χ0) is 12.5. The SMILES string of the molecule is CNCC1CCCc2sc(-c3cscc3C)nc21. The zero-order valence-corrected chi connectivity index (χ0v) is 12.5. The first-order chi connectivity index (χ1) is 8.79.